The number of carboxylic acids is 1. The van der Waals surface area contributed by atoms with Crippen molar-refractivity contribution < 1.29 is 24.5 Å². The van der Waals surface area contributed by atoms with Gasteiger partial charge in [0.25, 0.3) is 5.91 Å². The Labute approximate surface area is 68.4 Å². The van der Waals surface area contributed by atoms with E-state index in [0.717, 1.165) is 13.2 Å². The minimum Gasteiger partial charge on any atom is -0.543 e. The topological polar surface area (TPSA) is 98.7 Å². The van der Waals surface area contributed by atoms with Gasteiger partial charge in [0.05, 0.1) is 0 Å². The number of hydrogen-bond acceptors (Lipinski definition) is 5. The highest BCUT2D eigenvalue weighted by Crippen LogP contribution is 1.98. The Morgan fingerprint density at radius 1 is 1.75 bits per heavy atom. The molecule has 0 aromatic rings. The molecule has 0 aromatic carbocycles. The standard InChI is InChI=1S/C6H9NO5/c1-3-4(8)7-6(11,12-2)5(9)10/h3,11H,1H2,2H3,(H,7,8)(H,9,10)/p-1. The summed E-state index contributed by atoms with van der Waals surface area (Å²) in [6, 6.07) is 0. The summed E-state index contributed by atoms with van der Waals surface area (Å²) in [6.07, 6.45) is 0.785. The summed E-state index contributed by atoms with van der Waals surface area (Å²) in [5.74, 6) is -5.64. The highest BCUT2D eigenvalue weighted by Gasteiger charge is 2.29. The van der Waals surface area contributed by atoms with Crippen LogP contribution in [0.1, 0.15) is 0 Å². The summed E-state index contributed by atoms with van der Waals surface area (Å²) in [5, 5.41) is 20.7. The Bertz CT molecular complexity index is 214. The zero-order chi connectivity index (χ0) is 9.78. The van der Waals surface area contributed by atoms with E-state index in [9.17, 15) is 14.7 Å². The van der Waals surface area contributed by atoms with Crippen molar-refractivity contribution in [2.45, 2.75) is 5.91 Å². The second-order valence-electron chi connectivity index (χ2n) is 1.83. The average molecular weight is 174 g/mol. The molecule has 6 nitrogen and oxygen atoms in total. The summed E-state index contributed by atoms with van der Waals surface area (Å²) in [7, 11) is 0.902. The van der Waals surface area contributed by atoms with E-state index in [2.05, 4.69) is 11.3 Å². The molecule has 12 heavy (non-hydrogen) atoms. The monoisotopic (exact) mass is 174 g/mol. The van der Waals surface area contributed by atoms with Crippen LogP contribution in [-0.4, -0.2) is 30.0 Å². The van der Waals surface area contributed by atoms with Gasteiger partial charge in [0.15, 0.2) is 0 Å². The van der Waals surface area contributed by atoms with E-state index < -0.39 is 17.8 Å². The van der Waals surface area contributed by atoms with Crippen LogP contribution in [-0.2, 0) is 14.3 Å². The lowest BCUT2D eigenvalue weighted by Gasteiger charge is -2.26. The van der Waals surface area contributed by atoms with Gasteiger partial charge in [-0.15, -0.1) is 0 Å². The number of aliphatic carboxylic acids is 1. The molecule has 0 fully saturated rings. The summed E-state index contributed by atoms with van der Waals surface area (Å²) in [5.41, 5.74) is 0. The Balaban J connectivity index is 4.44. The highest BCUT2D eigenvalue weighted by atomic mass is 16.7. The Hall–Kier alpha value is -1.40. The zero-order valence-electron chi connectivity index (χ0n) is 6.36. The average Bonchev–Trinajstić information content (AvgIpc) is 2.03. The van der Waals surface area contributed by atoms with Crippen LogP contribution < -0.4 is 10.4 Å². The van der Waals surface area contributed by atoms with E-state index in [4.69, 9.17) is 5.11 Å². The maximum atomic E-state index is 10.5. The van der Waals surface area contributed by atoms with Crippen molar-refractivity contribution in [3.63, 3.8) is 0 Å². The van der Waals surface area contributed by atoms with Crippen molar-refractivity contribution in [1.82, 2.24) is 5.32 Å². The van der Waals surface area contributed by atoms with E-state index in [-0.39, 0.29) is 0 Å². The minimum absolute atomic E-state index is 0.785. The lowest BCUT2D eigenvalue weighted by molar-refractivity contribution is -0.353. The molecule has 0 aromatic heterocycles. The summed E-state index contributed by atoms with van der Waals surface area (Å²) >= 11 is 0. The fraction of sp³-hybridized carbons (Fsp3) is 0.333. The first-order valence-electron chi connectivity index (χ1n) is 2.90. The lowest BCUT2D eigenvalue weighted by Crippen LogP contribution is -2.61. The summed E-state index contributed by atoms with van der Waals surface area (Å²) < 4.78 is 4.09. The summed E-state index contributed by atoms with van der Waals surface area (Å²) in [4.78, 5) is 20.7. The second-order valence-corrected chi connectivity index (χ2v) is 1.83. The first-order chi connectivity index (χ1) is 5.46. The number of carboxylic acid groups (broad SMARTS) is 1. The number of methoxy groups -OCH3 is 1. The lowest BCUT2D eigenvalue weighted by atomic mass is 10.4. The van der Waals surface area contributed by atoms with Gasteiger partial charge < -0.3 is 19.7 Å². The molecular formula is C6H8NO5-. The van der Waals surface area contributed by atoms with Crippen molar-refractivity contribution in [3.8, 4) is 0 Å². The number of hydrogen-bond donors (Lipinski definition) is 2. The van der Waals surface area contributed by atoms with Gasteiger partial charge in [0.1, 0.15) is 5.97 Å². The molecular weight excluding hydrogens is 166 g/mol. The van der Waals surface area contributed by atoms with Gasteiger partial charge in [-0.25, -0.2) is 0 Å². The number of carbonyl (C=O) groups is 2. The van der Waals surface area contributed by atoms with E-state index in [1.54, 1.807) is 5.32 Å². The molecule has 0 spiro atoms. The Morgan fingerprint density at radius 2 is 2.25 bits per heavy atom. The Kier molecular flexibility index (Phi) is 3.39. The number of nitrogens with one attached hydrogen (secondary N) is 1. The number of ether oxygens (including phenoxy) is 1. The molecule has 0 rings (SSSR count). The van der Waals surface area contributed by atoms with Crippen LogP contribution in [0.25, 0.3) is 0 Å². The molecule has 0 saturated carbocycles. The molecule has 0 heterocycles. The van der Waals surface area contributed by atoms with Gasteiger partial charge in [0.2, 0.25) is 5.91 Å². The molecule has 1 unspecified atom stereocenters. The number of amides is 1. The maximum absolute atomic E-state index is 10.5. The first-order valence-corrected chi connectivity index (χ1v) is 2.90. The molecule has 0 aliphatic carbocycles. The van der Waals surface area contributed by atoms with Crippen molar-refractivity contribution in [1.29, 1.82) is 0 Å². The van der Waals surface area contributed by atoms with E-state index >= 15 is 0 Å². The highest BCUT2D eigenvalue weighted by molar-refractivity contribution is 5.90. The van der Waals surface area contributed by atoms with Crippen LogP contribution in [0.15, 0.2) is 12.7 Å². The second kappa shape index (κ2) is 3.84. The van der Waals surface area contributed by atoms with Crippen molar-refractivity contribution in [2.24, 2.45) is 0 Å². The van der Waals surface area contributed by atoms with E-state index in [1.165, 1.54) is 0 Å². The first kappa shape index (κ1) is 10.6. The molecule has 6 heteroatoms. The molecule has 2 N–H and O–H groups in total. The molecule has 68 valence electrons. The van der Waals surface area contributed by atoms with Crippen LogP contribution >= 0.6 is 0 Å². The largest absolute Gasteiger partial charge is 0.543 e. The van der Waals surface area contributed by atoms with Crippen LogP contribution in [0.4, 0.5) is 0 Å². The zero-order valence-corrected chi connectivity index (χ0v) is 6.36. The third kappa shape index (κ3) is 2.33. The van der Waals surface area contributed by atoms with Crippen LogP contribution in [0.5, 0.6) is 0 Å². The molecule has 0 radical (unpaired) electrons. The van der Waals surface area contributed by atoms with Gasteiger partial charge in [-0.1, -0.05) is 6.58 Å². The van der Waals surface area contributed by atoms with Gasteiger partial charge >= 0.3 is 0 Å². The summed E-state index contributed by atoms with van der Waals surface area (Å²) in [6.45, 7) is 3.05. The number of aliphatic hydroxyl groups is 1. The third-order valence-corrected chi connectivity index (χ3v) is 1.05. The number of rotatable bonds is 4. The number of carbonyl (C=O) groups excluding carboxylic acids is 2. The fourth-order valence-electron chi connectivity index (χ4n) is 0.403. The van der Waals surface area contributed by atoms with Gasteiger partial charge in [-0.3, -0.25) is 10.1 Å². The third-order valence-electron chi connectivity index (χ3n) is 1.05. The predicted octanol–water partition coefficient (Wildman–Crippen LogP) is -2.67. The minimum atomic E-state index is -2.80. The smallest absolute Gasteiger partial charge is 0.292 e. The SMILES string of the molecule is C=CC(=O)NC(O)(OC)C(=O)[O-]. The van der Waals surface area contributed by atoms with Crippen LogP contribution in [0.2, 0.25) is 0 Å². The molecule has 0 aliphatic rings. The van der Waals surface area contributed by atoms with Gasteiger partial charge in [0, 0.05) is 7.11 Å². The van der Waals surface area contributed by atoms with E-state index in [0.29, 0.717) is 0 Å². The van der Waals surface area contributed by atoms with Gasteiger partial charge in [-0.2, -0.15) is 0 Å². The molecule has 0 bridgehead atoms. The van der Waals surface area contributed by atoms with Gasteiger partial charge in [-0.05, 0) is 6.08 Å². The van der Waals surface area contributed by atoms with Crippen LogP contribution in [0, 0.1) is 0 Å². The molecule has 0 aliphatic heterocycles. The van der Waals surface area contributed by atoms with Crippen LogP contribution in [0.3, 0.4) is 0 Å². The van der Waals surface area contributed by atoms with Crippen molar-refractivity contribution in [3.05, 3.63) is 12.7 Å². The predicted molar refractivity (Wildman–Crippen MR) is 35.3 cm³/mol. The Morgan fingerprint density at radius 3 is 2.50 bits per heavy atom. The maximum Gasteiger partial charge on any atom is 0.292 e. The fourth-order valence-corrected chi connectivity index (χ4v) is 0.403. The molecule has 1 atom stereocenters. The quantitative estimate of drug-likeness (QED) is 0.357. The van der Waals surface area contributed by atoms with E-state index in [1.807, 2.05) is 0 Å². The molecule has 1 amide bonds. The molecule has 0 saturated heterocycles. The van der Waals surface area contributed by atoms with Crippen molar-refractivity contribution >= 4 is 11.9 Å². The normalized spacial score (nSPS) is 14.5. The van der Waals surface area contributed by atoms with Crippen molar-refractivity contribution in [2.75, 3.05) is 7.11 Å².